The minimum atomic E-state index is 0.0898. The quantitative estimate of drug-likeness (QED) is 0.845. The van der Waals surface area contributed by atoms with Crippen LogP contribution in [-0.2, 0) is 13.0 Å². The molecule has 1 aliphatic rings. The van der Waals surface area contributed by atoms with Crippen LogP contribution in [0.3, 0.4) is 0 Å². The van der Waals surface area contributed by atoms with E-state index >= 15 is 0 Å². The fourth-order valence-electron chi connectivity index (χ4n) is 2.51. The number of likely N-dealkylation sites (tertiary alicyclic amines) is 1. The molecule has 1 aliphatic heterocycles. The standard InChI is InChI=1S/C14H21NO2/c1-17-14-6-4-5-12(11-16)13(14)7-10-15-8-2-3-9-15/h4-6,16H,2-3,7-11H2,1H3. The van der Waals surface area contributed by atoms with Gasteiger partial charge >= 0.3 is 0 Å². The number of methoxy groups -OCH3 is 1. The monoisotopic (exact) mass is 235 g/mol. The third-order valence-electron chi connectivity index (χ3n) is 3.50. The van der Waals surface area contributed by atoms with Crippen LogP contribution in [-0.4, -0.2) is 36.8 Å². The molecular weight excluding hydrogens is 214 g/mol. The highest BCUT2D eigenvalue weighted by molar-refractivity contribution is 5.40. The topological polar surface area (TPSA) is 32.7 Å². The molecule has 1 aromatic carbocycles. The molecule has 0 atom stereocenters. The van der Waals surface area contributed by atoms with E-state index in [1.54, 1.807) is 7.11 Å². The van der Waals surface area contributed by atoms with Crippen molar-refractivity contribution in [2.45, 2.75) is 25.9 Å². The van der Waals surface area contributed by atoms with Gasteiger partial charge in [0.25, 0.3) is 0 Å². The molecule has 0 spiro atoms. The first kappa shape index (κ1) is 12.4. The Labute approximate surface area is 103 Å². The first-order valence-corrected chi connectivity index (χ1v) is 6.33. The van der Waals surface area contributed by atoms with Gasteiger partial charge in [0.05, 0.1) is 13.7 Å². The lowest BCUT2D eigenvalue weighted by atomic mass is 10.0. The van der Waals surface area contributed by atoms with Crippen molar-refractivity contribution in [3.8, 4) is 5.75 Å². The summed E-state index contributed by atoms with van der Waals surface area (Å²) in [5.74, 6) is 0.899. The number of nitrogens with zero attached hydrogens (tertiary/aromatic N) is 1. The summed E-state index contributed by atoms with van der Waals surface area (Å²) in [6.07, 6.45) is 3.59. The third-order valence-corrected chi connectivity index (χ3v) is 3.50. The third kappa shape index (κ3) is 2.99. The molecule has 0 amide bonds. The largest absolute Gasteiger partial charge is 0.496 e. The molecule has 0 saturated carbocycles. The minimum Gasteiger partial charge on any atom is -0.496 e. The zero-order valence-corrected chi connectivity index (χ0v) is 10.5. The van der Waals surface area contributed by atoms with Crippen molar-refractivity contribution in [1.29, 1.82) is 0 Å². The van der Waals surface area contributed by atoms with E-state index in [9.17, 15) is 5.11 Å². The molecule has 0 aliphatic carbocycles. The molecule has 94 valence electrons. The normalized spacial score (nSPS) is 16.4. The van der Waals surface area contributed by atoms with Crippen LogP contribution in [0.15, 0.2) is 18.2 Å². The van der Waals surface area contributed by atoms with Gasteiger partial charge in [-0.15, -0.1) is 0 Å². The van der Waals surface area contributed by atoms with Crippen molar-refractivity contribution in [3.05, 3.63) is 29.3 Å². The van der Waals surface area contributed by atoms with Gasteiger partial charge in [-0.3, -0.25) is 0 Å². The van der Waals surface area contributed by atoms with Crippen molar-refractivity contribution in [3.63, 3.8) is 0 Å². The van der Waals surface area contributed by atoms with E-state index in [0.717, 1.165) is 29.8 Å². The van der Waals surface area contributed by atoms with Crippen LogP contribution in [0.2, 0.25) is 0 Å². The Hall–Kier alpha value is -1.06. The number of rotatable bonds is 5. The molecule has 3 nitrogen and oxygen atoms in total. The van der Waals surface area contributed by atoms with Crippen molar-refractivity contribution in [2.24, 2.45) is 0 Å². The van der Waals surface area contributed by atoms with E-state index < -0.39 is 0 Å². The molecule has 1 saturated heterocycles. The highest BCUT2D eigenvalue weighted by Crippen LogP contribution is 2.23. The second kappa shape index (κ2) is 6.03. The molecule has 0 aromatic heterocycles. The number of hydrogen-bond donors (Lipinski definition) is 1. The average Bonchev–Trinajstić information content (AvgIpc) is 2.88. The van der Waals surface area contributed by atoms with Gasteiger partial charge in [-0.2, -0.15) is 0 Å². The number of hydrogen-bond acceptors (Lipinski definition) is 3. The van der Waals surface area contributed by atoms with Crippen molar-refractivity contribution in [1.82, 2.24) is 4.90 Å². The summed E-state index contributed by atoms with van der Waals surface area (Å²) in [6.45, 7) is 3.58. The number of aliphatic hydroxyl groups is 1. The minimum absolute atomic E-state index is 0.0898. The Morgan fingerprint density at radius 2 is 2.06 bits per heavy atom. The smallest absolute Gasteiger partial charge is 0.122 e. The lowest BCUT2D eigenvalue weighted by Gasteiger charge is -2.17. The van der Waals surface area contributed by atoms with E-state index in [1.807, 2.05) is 18.2 Å². The highest BCUT2D eigenvalue weighted by atomic mass is 16.5. The SMILES string of the molecule is COc1cccc(CO)c1CCN1CCCC1. The number of aliphatic hydroxyl groups excluding tert-OH is 1. The summed E-state index contributed by atoms with van der Waals surface area (Å²) in [7, 11) is 1.69. The van der Waals surface area contributed by atoms with Gasteiger partial charge in [0.15, 0.2) is 0 Å². The first-order valence-electron chi connectivity index (χ1n) is 6.33. The molecule has 0 radical (unpaired) electrons. The molecule has 17 heavy (non-hydrogen) atoms. The molecule has 0 unspecified atom stereocenters. The Kier molecular flexibility index (Phi) is 4.40. The lowest BCUT2D eigenvalue weighted by Crippen LogP contribution is -2.22. The number of ether oxygens (including phenoxy) is 1. The van der Waals surface area contributed by atoms with Crippen LogP contribution in [0.4, 0.5) is 0 Å². The van der Waals surface area contributed by atoms with Gasteiger partial charge in [0, 0.05) is 12.1 Å². The van der Waals surface area contributed by atoms with E-state index in [1.165, 1.54) is 25.9 Å². The molecule has 1 heterocycles. The maximum atomic E-state index is 9.36. The van der Waals surface area contributed by atoms with Gasteiger partial charge in [-0.25, -0.2) is 0 Å². The van der Waals surface area contributed by atoms with Crippen molar-refractivity contribution >= 4 is 0 Å². The lowest BCUT2D eigenvalue weighted by molar-refractivity contribution is 0.278. The van der Waals surface area contributed by atoms with E-state index in [2.05, 4.69) is 4.90 Å². The second-order valence-corrected chi connectivity index (χ2v) is 4.55. The fraction of sp³-hybridized carbons (Fsp3) is 0.571. The predicted octanol–water partition coefficient (Wildman–Crippen LogP) is 1.83. The molecule has 3 heteroatoms. The summed E-state index contributed by atoms with van der Waals surface area (Å²) < 4.78 is 5.37. The van der Waals surface area contributed by atoms with Crippen LogP contribution in [0, 0.1) is 0 Å². The summed E-state index contributed by atoms with van der Waals surface area (Å²) in [5, 5.41) is 9.36. The van der Waals surface area contributed by atoms with Crippen LogP contribution < -0.4 is 4.74 Å². The van der Waals surface area contributed by atoms with Crippen LogP contribution in [0.1, 0.15) is 24.0 Å². The fourth-order valence-corrected chi connectivity index (χ4v) is 2.51. The molecular formula is C14H21NO2. The van der Waals surface area contributed by atoms with E-state index in [0.29, 0.717) is 0 Å². The second-order valence-electron chi connectivity index (χ2n) is 4.55. The van der Waals surface area contributed by atoms with Gasteiger partial charge in [-0.05, 0) is 44.0 Å². The maximum absolute atomic E-state index is 9.36. The van der Waals surface area contributed by atoms with Gasteiger partial charge < -0.3 is 14.7 Å². The highest BCUT2D eigenvalue weighted by Gasteiger charge is 2.14. The van der Waals surface area contributed by atoms with Gasteiger partial charge in [-0.1, -0.05) is 12.1 Å². The number of benzene rings is 1. The Bertz CT molecular complexity index is 337. The summed E-state index contributed by atoms with van der Waals surface area (Å²) >= 11 is 0. The first-order chi connectivity index (χ1) is 8.35. The molecule has 2 rings (SSSR count). The molecule has 1 fully saturated rings. The Balaban J connectivity index is 2.06. The van der Waals surface area contributed by atoms with Gasteiger partial charge in [0.1, 0.15) is 5.75 Å². The summed E-state index contributed by atoms with van der Waals surface area (Å²) in [5.41, 5.74) is 2.15. The summed E-state index contributed by atoms with van der Waals surface area (Å²) in [4.78, 5) is 2.48. The molecule has 1 N–H and O–H groups in total. The van der Waals surface area contributed by atoms with Crippen molar-refractivity contribution < 1.29 is 9.84 Å². The zero-order valence-electron chi connectivity index (χ0n) is 10.5. The molecule has 1 aromatic rings. The zero-order chi connectivity index (χ0) is 12.1. The maximum Gasteiger partial charge on any atom is 0.122 e. The van der Waals surface area contributed by atoms with Crippen LogP contribution in [0.5, 0.6) is 5.75 Å². The average molecular weight is 235 g/mol. The Morgan fingerprint density at radius 3 is 2.71 bits per heavy atom. The van der Waals surface area contributed by atoms with E-state index in [4.69, 9.17) is 4.74 Å². The van der Waals surface area contributed by atoms with Gasteiger partial charge in [0.2, 0.25) is 0 Å². The van der Waals surface area contributed by atoms with E-state index in [-0.39, 0.29) is 6.61 Å². The Morgan fingerprint density at radius 1 is 1.29 bits per heavy atom. The van der Waals surface area contributed by atoms with Crippen LogP contribution >= 0.6 is 0 Å². The van der Waals surface area contributed by atoms with Crippen molar-refractivity contribution in [2.75, 3.05) is 26.7 Å². The van der Waals surface area contributed by atoms with Crippen LogP contribution in [0.25, 0.3) is 0 Å². The predicted molar refractivity (Wildman–Crippen MR) is 68.3 cm³/mol. The summed E-state index contributed by atoms with van der Waals surface area (Å²) in [6, 6.07) is 5.88. The molecule has 0 bridgehead atoms.